The van der Waals surface area contributed by atoms with E-state index >= 15 is 0 Å². The molecule has 0 fully saturated rings. The van der Waals surface area contributed by atoms with Gasteiger partial charge in [-0.25, -0.2) is 17.9 Å². The second kappa shape index (κ2) is 7.61. The van der Waals surface area contributed by atoms with Gasteiger partial charge < -0.3 is 9.94 Å². The van der Waals surface area contributed by atoms with Crippen molar-refractivity contribution in [2.24, 2.45) is 0 Å². The Hall–Kier alpha value is -3.47. The molecule has 1 amide bonds. The lowest BCUT2D eigenvalue weighted by Gasteiger charge is -2.08. The molecule has 0 atom stereocenters. The van der Waals surface area contributed by atoms with Crippen molar-refractivity contribution in [3.8, 4) is 0 Å². The molecule has 0 radical (unpaired) electrons. The Morgan fingerprint density at radius 3 is 2.08 bits per heavy atom. The quantitative estimate of drug-likeness (QED) is 0.537. The second-order valence-corrected chi connectivity index (χ2v) is 6.64. The summed E-state index contributed by atoms with van der Waals surface area (Å²) in [5.41, 5.74) is 0.341. The third-order valence-corrected chi connectivity index (χ3v) is 4.54. The van der Waals surface area contributed by atoms with E-state index in [1.807, 2.05) is 4.72 Å². The van der Waals surface area contributed by atoms with Gasteiger partial charge >= 0.3 is 5.97 Å². The SMILES string of the molecule is O=C(O)c1ccc(S(=O)(=O)NC(=O)c2ccc(CO[N+](=O)[O-])cc2)cc1. The number of aromatic carboxylic acids is 1. The van der Waals surface area contributed by atoms with E-state index in [4.69, 9.17) is 5.11 Å². The van der Waals surface area contributed by atoms with E-state index in [0.717, 1.165) is 24.3 Å². The number of nitrogens with zero attached hydrogens (tertiary/aromatic N) is 1. The number of sulfonamides is 1. The minimum absolute atomic E-state index is 0.0144. The van der Waals surface area contributed by atoms with Crippen molar-refractivity contribution in [2.75, 3.05) is 0 Å². The summed E-state index contributed by atoms with van der Waals surface area (Å²) in [5.74, 6) is -2.12. The number of carboxylic acids is 1. The number of amides is 1. The molecule has 10 nitrogen and oxygen atoms in total. The molecule has 2 aromatic carbocycles. The zero-order valence-corrected chi connectivity index (χ0v) is 13.8. The highest BCUT2D eigenvalue weighted by Crippen LogP contribution is 2.12. The molecule has 0 aliphatic rings. The maximum atomic E-state index is 12.2. The van der Waals surface area contributed by atoms with Crippen LogP contribution in [0.2, 0.25) is 0 Å². The van der Waals surface area contributed by atoms with Crippen molar-refractivity contribution < 1.29 is 33.0 Å². The first-order valence-electron chi connectivity index (χ1n) is 6.96. The highest BCUT2D eigenvalue weighted by Gasteiger charge is 2.19. The summed E-state index contributed by atoms with van der Waals surface area (Å²) in [7, 11) is -4.19. The van der Waals surface area contributed by atoms with Gasteiger partial charge in [-0.15, -0.1) is 10.1 Å². The molecule has 0 aromatic heterocycles. The molecule has 26 heavy (non-hydrogen) atoms. The van der Waals surface area contributed by atoms with Crippen LogP contribution in [0.4, 0.5) is 0 Å². The second-order valence-electron chi connectivity index (χ2n) is 4.96. The molecule has 0 aliphatic heterocycles. The number of hydrogen-bond donors (Lipinski definition) is 2. The van der Waals surface area contributed by atoms with Crippen LogP contribution in [0.3, 0.4) is 0 Å². The summed E-state index contributed by atoms with van der Waals surface area (Å²) in [6.45, 7) is -0.302. The van der Waals surface area contributed by atoms with Crippen molar-refractivity contribution in [2.45, 2.75) is 11.5 Å². The van der Waals surface area contributed by atoms with Crippen molar-refractivity contribution in [3.05, 3.63) is 75.3 Å². The Bertz CT molecular complexity index is 937. The van der Waals surface area contributed by atoms with Crippen molar-refractivity contribution >= 4 is 21.9 Å². The van der Waals surface area contributed by atoms with E-state index in [-0.39, 0.29) is 22.6 Å². The van der Waals surface area contributed by atoms with Gasteiger partial charge in [0.25, 0.3) is 21.0 Å². The minimum atomic E-state index is -4.19. The Morgan fingerprint density at radius 2 is 1.58 bits per heavy atom. The summed E-state index contributed by atoms with van der Waals surface area (Å²) in [5, 5.41) is 18.0. The van der Waals surface area contributed by atoms with Crippen LogP contribution in [0, 0.1) is 10.1 Å². The monoisotopic (exact) mass is 380 g/mol. The Morgan fingerprint density at radius 1 is 1.04 bits per heavy atom. The molecule has 0 bridgehead atoms. The van der Waals surface area contributed by atoms with Gasteiger partial charge in [0.05, 0.1) is 10.5 Å². The fourth-order valence-corrected chi connectivity index (χ4v) is 2.87. The number of nitrogens with one attached hydrogen (secondary N) is 1. The Kier molecular flexibility index (Phi) is 5.52. The highest BCUT2D eigenvalue weighted by atomic mass is 32.2. The first-order valence-corrected chi connectivity index (χ1v) is 8.44. The molecule has 136 valence electrons. The molecule has 2 N–H and O–H groups in total. The van der Waals surface area contributed by atoms with Crippen LogP contribution < -0.4 is 4.72 Å². The Labute approximate surface area is 147 Å². The zero-order chi connectivity index (χ0) is 19.3. The van der Waals surface area contributed by atoms with Gasteiger partial charge in [0.1, 0.15) is 6.61 Å². The maximum absolute atomic E-state index is 12.2. The topological polar surface area (TPSA) is 153 Å². The van der Waals surface area contributed by atoms with Gasteiger partial charge in [-0.05, 0) is 42.0 Å². The van der Waals surface area contributed by atoms with E-state index in [9.17, 15) is 28.1 Å². The largest absolute Gasteiger partial charge is 0.478 e. The average molecular weight is 380 g/mol. The predicted octanol–water partition coefficient (Wildman–Crippen LogP) is 1.21. The fourth-order valence-electron chi connectivity index (χ4n) is 1.90. The van der Waals surface area contributed by atoms with Crippen molar-refractivity contribution in [3.63, 3.8) is 0 Å². The summed E-state index contributed by atoms with van der Waals surface area (Å²) in [6, 6.07) is 9.68. The van der Waals surface area contributed by atoms with Crippen LogP contribution in [0.15, 0.2) is 53.4 Å². The van der Waals surface area contributed by atoms with E-state index in [0.29, 0.717) is 5.56 Å². The summed E-state index contributed by atoms with van der Waals surface area (Å²) in [6.07, 6.45) is 0. The van der Waals surface area contributed by atoms with Crippen LogP contribution in [0.1, 0.15) is 26.3 Å². The molecule has 0 spiro atoms. The number of carbonyl (C=O) groups excluding carboxylic acids is 1. The first-order chi connectivity index (χ1) is 12.2. The van der Waals surface area contributed by atoms with Gasteiger partial charge in [0.2, 0.25) is 0 Å². The third-order valence-electron chi connectivity index (χ3n) is 3.19. The predicted molar refractivity (Wildman–Crippen MR) is 86.3 cm³/mol. The summed E-state index contributed by atoms with van der Waals surface area (Å²) < 4.78 is 26.2. The van der Waals surface area contributed by atoms with Gasteiger partial charge in [-0.2, -0.15) is 0 Å². The fraction of sp³-hybridized carbons (Fsp3) is 0.0667. The maximum Gasteiger partial charge on any atom is 0.335 e. The molecule has 2 aromatic rings. The van der Waals surface area contributed by atoms with E-state index in [1.165, 1.54) is 24.3 Å². The summed E-state index contributed by atoms with van der Waals surface area (Å²) >= 11 is 0. The molecule has 0 unspecified atom stereocenters. The smallest absolute Gasteiger partial charge is 0.335 e. The lowest BCUT2D eigenvalue weighted by Crippen LogP contribution is -2.30. The van der Waals surface area contributed by atoms with Gasteiger partial charge in [-0.1, -0.05) is 12.1 Å². The van der Waals surface area contributed by atoms with Gasteiger partial charge in [0, 0.05) is 5.56 Å². The lowest BCUT2D eigenvalue weighted by molar-refractivity contribution is -0.763. The standard InChI is InChI=1S/C15H12N2O8S/c18-14(11-3-1-10(2-4-11)9-25-17(21)22)16-26(23,24)13-7-5-12(6-8-13)15(19)20/h1-8H,9H2,(H,16,18)(H,19,20). The van der Waals surface area contributed by atoms with Crippen LogP contribution in [0.25, 0.3) is 0 Å². The van der Waals surface area contributed by atoms with Crippen LogP contribution in [-0.4, -0.2) is 30.5 Å². The molecular formula is C15H12N2O8S. The average Bonchev–Trinajstić information content (AvgIpc) is 2.60. The minimum Gasteiger partial charge on any atom is -0.478 e. The normalized spacial score (nSPS) is 10.8. The molecular weight excluding hydrogens is 368 g/mol. The van der Waals surface area contributed by atoms with Gasteiger partial charge in [0.15, 0.2) is 0 Å². The van der Waals surface area contributed by atoms with Crippen molar-refractivity contribution in [1.29, 1.82) is 0 Å². The number of rotatable bonds is 7. The molecule has 0 saturated carbocycles. The van der Waals surface area contributed by atoms with E-state index in [2.05, 4.69) is 4.84 Å². The number of carboxylic acid groups (broad SMARTS) is 1. The van der Waals surface area contributed by atoms with Crippen LogP contribution >= 0.6 is 0 Å². The van der Waals surface area contributed by atoms with Gasteiger partial charge in [-0.3, -0.25) is 4.79 Å². The summed E-state index contributed by atoms with van der Waals surface area (Å²) in [4.78, 5) is 36.9. The molecule has 0 aliphatic carbocycles. The lowest BCUT2D eigenvalue weighted by atomic mass is 10.1. The zero-order valence-electron chi connectivity index (χ0n) is 13.0. The third kappa shape index (κ3) is 4.77. The first kappa shape index (κ1) is 18.9. The number of carbonyl (C=O) groups is 2. The van der Waals surface area contributed by atoms with E-state index in [1.54, 1.807) is 0 Å². The number of benzene rings is 2. The van der Waals surface area contributed by atoms with Crippen molar-refractivity contribution in [1.82, 2.24) is 4.72 Å². The Balaban J connectivity index is 2.10. The van der Waals surface area contributed by atoms with Crippen LogP contribution in [0.5, 0.6) is 0 Å². The molecule has 0 heterocycles. The number of hydrogen-bond acceptors (Lipinski definition) is 7. The molecule has 11 heteroatoms. The highest BCUT2D eigenvalue weighted by molar-refractivity contribution is 7.90. The molecule has 2 rings (SSSR count). The molecule has 0 saturated heterocycles. The van der Waals surface area contributed by atoms with Crippen LogP contribution in [-0.2, 0) is 21.5 Å². The van der Waals surface area contributed by atoms with E-state index < -0.39 is 27.0 Å².